The molecule has 0 saturated heterocycles. The smallest absolute Gasteiger partial charge is 0.251 e. The van der Waals surface area contributed by atoms with Crippen LogP contribution in [0.5, 0.6) is 0 Å². The van der Waals surface area contributed by atoms with Crippen LogP contribution in [0.25, 0.3) is 0 Å². The van der Waals surface area contributed by atoms with Crippen molar-refractivity contribution in [2.75, 3.05) is 0 Å². The first-order chi connectivity index (χ1) is 3.27. The van der Waals surface area contributed by atoms with Crippen molar-refractivity contribution in [2.45, 2.75) is 0 Å². The summed E-state index contributed by atoms with van der Waals surface area (Å²) in [5.74, 6) is 0. The van der Waals surface area contributed by atoms with Crippen molar-refractivity contribution >= 4 is 35.2 Å². The Morgan fingerprint density at radius 2 is 2.57 bits per heavy atom. The number of hydrazone groups is 1. The SMILES string of the molecule is O=C=NNC(=S)S. The average molecular weight is 134 g/mol. The second kappa shape index (κ2) is 3.80. The lowest BCUT2D eigenvalue weighted by Crippen LogP contribution is -2.05. The molecule has 0 bridgehead atoms. The summed E-state index contributed by atoms with van der Waals surface area (Å²) in [6, 6.07) is 0. The van der Waals surface area contributed by atoms with Crippen LogP contribution in [0.15, 0.2) is 5.10 Å². The van der Waals surface area contributed by atoms with Crippen LogP contribution in [-0.4, -0.2) is 10.4 Å². The number of rotatable bonds is 1. The number of hydrogen-bond acceptors (Lipinski definition) is 3. The summed E-state index contributed by atoms with van der Waals surface area (Å²) >= 11 is 7.92. The molecular weight excluding hydrogens is 132 g/mol. The van der Waals surface area contributed by atoms with Gasteiger partial charge < -0.3 is 0 Å². The van der Waals surface area contributed by atoms with Gasteiger partial charge in [-0.25, -0.2) is 4.79 Å². The van der Waals surface area contributed by atoms with E-state index < -0.39 is 0 Å². The van der Waals surface area contributed by atoms with Gasteiger partial charge >= 0.3 is 0 Å². The van der Waals surface area contributed by atoms with Crippen molar-refractivity contribution in [1.29, 1.82) is 0 Å². The maximum Gasteiger partial charge on any atom is 0.258 e. The molecule has 0 aliphatic heterocycles. The maximum atomic E-state index is 9.26. The van der Waals surface area contributed by atoms with Crippen molar-refractivity contribution in [3.63, 3.8) is 0 Å². The van der Waals surface area contributed by atoms with Crippen LogP contribution in [-0.2, 0) is 4.79 Å². The predicted molar refractivity (Wildman–Crippen MR) is 32.8 cm³/mol. The third kappa shape index (κ3) is 5.62. The van der Waals surface area contributed by atoms with Crippen molar-refractivity contribution in [1.82, 2.24) is 5.43 Å². The number of hydrogen-bond donors (Lipinski definition) is 2. The topological polar surface area (TPSA) is 41.5 Å². The minimum Gasteiger partial charge on any atom is -0.251 e. The van der Waals surface area contributed by atoms with E-state index in [2.05, 4.69) is 35.4 Å². The number of carbonyl (C=O) groups excluding carboxylic acids is 1. The molecule has 5 heteroatoms. The molecule has 0 atom stereocenters. The summed E-state index contributed by atoms with van der Waals surface area (Å²) < 4.78 is 0.156. The van der Waals surface area contributed by atoms with Gasteiger partial charge in [-0.1, -0.05) is 17.3 Å². The van der Waals surface area contributed by atoms with Crippen molar-refractivity contribution in [3.8, 4) is 0 Å². The Morgan fingerprint density at radius 3 is 2.71 bits per heavy atom. The molecule has 0 aromatic rings. The maximum absolute atomic E-state index is 9.26. The third-order valence-corrected chi connectivity index (χ3v) is 0.388. The predicted octanol–water partition coefficient (Wildman–Crippen LogP) is 0.0415. The lowest BCUT2D eigenvalue weighted by atomic mass is 11.4. The Labute approximate surface area is 51.2 Å². The first kappa shape index (κ1) is 6.62. The fourth-order valence-electron chi connectivity index (χ4n) is 0.0706. The highest BCUT2D eigenvalue weighted by atomic mass is 32.1. The molecule has 0 amide bonds. The molecule has 7 heavy (non-hydrogen) atoms. The summed E-state index contributed by atoms with van der Waals surface area (Å²) in [4.78, 5) is 9.26. The van der Waals surface area contributed by atoms with Gasteiger partial charge in [0.15, 0.2) is 4.32 Å². The number of nitrogens with one attached hydrogen (secondary N) is 1. The Balaban J connectivity index is 3.32. The molecule has 0 spiro atoms. The Kier molecular flexibility index (Phi) is 3.59. The first-order valence-corrected chi connectivity index (χ1v) is 2.18. The summed E-state index contributed by atoms with van der Waals surface area (Å²) in [6.45, 7) is 0. The van der Waals surface area contributed by atoms with E-state index in [0.717, 1.165) is 0 Å². The summed E-state index contributed by atoms with van der Waals surface area (Å²) in [5, 5.41) is 2.90. The number of thiocarbonyl (C=S) groups is 1. The van der Waals surface area contributed by atoms with Crippen LogP contribution < -0.4 is 5.43 Å². The van der Waals surface area contributed by atoms with Crippen LogP contribution in [0.3, 0.4) is 0 Å². The normalized spacial score (nSPS) is 6.43. The fourth-order valence-corrected chi connectivity index (χ4v) is 0.166. The van der Waals surface area contributed by atoms with Crippen LogP contribution >= 0.6 is 24.8 Å². The van der Waals surface area contributed by atoms with Crippen LogP contribution in [0.4, 0.5) is 0 Å². The molecule has 0 fully saturated rings. The Bertz CT molecular complexity index is 117. The summed E-state index contributed by atoms with van der Waals surface area (Å²) in [7, 11) is 0. The summed E-state index contributed by atoms with van der Waals surface area (Å²) in [5.41, 5.74) is 2.09. The van der Waals surface area contributed by atoms with E-state index in [1.165, 1.54) is 6.08 Å². The van der Waals surface area contributed by atoms with Gasteiger partial charge in [-0.3, -0.25) is 5.43 Å². The minimum absolute atomic E-state index is 0.156. The lowest BCUT2D eigenvalue weighted by Gasteiger charge is -1.83. The average Bonchev–Trinajstić information content (AvgIpc) is 1.61. The van der Waals surface area contributed by atoms with Gasteiger partial charge in [0.25, 0.3) is 6.08 Å². The molecule has 1 N–H and O–H groups in total. The van der Waals surface area contributed by atoms with E-state index in [-0.39, 0.29) is 4.32 Å². The minimum atomic E-state index is 0.156. The molecule has 0 aromatic heterocycles. The molecule has 0 heterocycles. The largest absolute Gasteiger partial charge is 0.258 e. The molecule has 0 saturated carbocycles. The molecule has 0 radical (unpaired) electrons. The lowest BCUT2D eigenvalue weighted by molar-refractivity contribution is 0.562. The third-order valence-electron chi connectivity index (χ3n) is 0.197. The van der Waals surface area contributed by atoms with Crippen LogP contribution in [0, 0.1) is 0 Å². The second-order valence-electron chi connectivity index (χ2n) is 0.620. The standard InChI is InChI=1S/C2H2N2OS2/c5-1-3-4-2(6)7/h(H2,4,6,7). The monoisotopic (exact) mass is 134 g/mol. The number of isocyanates is 1. The number of nitrogens with zero attached hydrogens (tertiary/aromatic N) is 1. The van der Waals surface area contributed by atoms with Crippen molar-refractivity contribution in [2.24, 2.45) is 5.10 Å². The van der Waals surface area contributed by atoms with Gasteiger partial charge in [0.1, 0.15) is 0 Å². The van der Waals surface area contributed by atoms with Gasteiger partial charge in [0, 0.05) is 0 Å². The fraction of sp³-hybridized carbons (Fsp3) is 0. The molecule has 0 unspecified atom stereocenters. The molecule has 3 nitrogen and oxygen atoms in total. The zero-order valence-electron chi connectivity index (χ0n) is 3.21. The van der Waals surface area contributed by atoms with E-state index in [1.54, 1.807) is 0 Å². The van der Waals surface area contributed by atoms with E-state index in [4.69, 9.17) is 0 Å². The van der Waals surface area contributed by atoms with Crippen LogP contribution in [0.2, 0.25) is 0 Å². The molecule has 0 aliphatic carbocycles. The van der Waals surface area contributed by atoms with Crippen molar-refractivity contribution in [3.05, 3.63) is 0 Å². The van der Waals surface area contributed by atoms with Crippen LogP contribution in [0.1, 0.15) is 0 Å². The zero-order valence-corrected chi connectivity index (χ0v) is 4.92. The van der Waals surface area contributed by atoms with Gasteiger partial charge in [-0.15, -0.1) is 12.6 Å². The molecule has 0 aliphatic rings. The Hall–Kier alpha value is -0.380. The molecule has 0 aromatic carbocycles. The molecule has 38 valence electrons. The van der Waals surface area contributed by atoms with E-state index in [1.807, 2.05) is 0 Å². The van der Waals surface area contributed by atoms with E-state index >= 15 is 0 Å². The van der Waals surface area contributed by atoms with Gasteiger partial charge in [-0.2, -0.15) is 0 Å². The summed E-state index contributed by atoms with van der Waals surface area (Å²) in [6.07, 6.45) is 1.23. The molecule has 0 rings (SSSR count). The van der Waals surface area contributed by atoms with Gasteiger partial charge in [0.05, 0.1) is 0 Å². The Morgan fingerprint density at radius 1 is 2.00 bits per heavy atom. The highest BCUT2D eigenvalue weighted by Gasteiger charge is 1.75. The van der Waals surface area contributed by atoms with E-state index in [0.29, 0.717) is 0 Å². The first-order valence-electron chi connectivity index (χ1n) is 1.33. The highest BCUT2D eigenvalue weighted by Crippen LogP contribution is 1.73. The van der Waals surface area contributed by atoms with Gasteiger partial charge in [0.2, 0.25) is 0 Å². The van der Waals surface area contributed by atoms with Crippen molar-refractivity contribution < 1.29 is 4.79 Å². The molecular formula is C2H2N2OS2. The van der Waals surface area contributed by atoms with E-state index in [9.17, 15) is 4.79 Å². The highest BCUT2D eigenvalue weighted by molar-refractivity contribution is 8.11. The number of thiol groups is 1. The zero-order chi connectivity index (χ0) is 5.70. The quantitative estimate of drug-likeness (QED) is 0.175. The second-order valence-corrected chi connectivity index (χ2v) is 1.78. The van der Waals surface area contributed by atoms with Gasteiger partial charge in [-0.05, 0) is 0 Å².